The van der Waals surface area contributed by atoms with Crippen LogP contribution in [-0.4, -0.2) is 37.1 Å². The molecule has 0 atom stereocenters. The van der Waals surface area contributed by atoms with Gasteiger partial charge in [0.2, 0.25) is 0 Å². The summed E-state index contributed by atoms with van der Waals surface area (Å²) in [4.78, 5) is 20.5. The van der Waals surface area contributed by atoms with E-state index in [0.29, 0.717) is 23.1 Å². The van der Waals surface area contributed by atoms with Crippen LogP contribution in [0, 0.1) is 19.8 Å². The summed E-state index contributed by atoms with van der Waals surface area (Å²) >= 11 is 0. The molecule has 5 rings (SSSR count). The van der Waals surface area contributed by atoms with Crippen molar-refractivity contribution in [3.05, 3.63) is 53.8 Å². The van der Waals surface area contributed by atoms with Gasteiger partial charge in [-0.25, -0.2) is 4.98 Å². The highest BCUT2D eigenvalue weighted by molar-refractivity contribution is 5.81. The number of nitrogens with one attached hydrogen (secondary N) is 1. The number of nitrogens with zero attached hydrogens (tertiary/aromatic N) is 4. The monoisotopic (exact) mass is 417 g/mol. The van der Waals surface area contributed by atoms with Gasteiger partial charge in [0.1, 0.15) is 23.8 Å². The van der Waals surface area contributed by atoms with Crippen molar-refractivity contribution in [3.63, 3.8) is 0 Å². The SMILES string of the molecule is Cc1noc(C)c1-c1ccc(-c2nc3cnc(CC4CC4)cn3c2NCC(=O)O)cc1. The number of aryl methyl sites for hydroxylation is 2. The zero-order valence-corrected chi connectivity index (χ0v) is 17.4. The van der Waals surface area contributed by atoms with E-state index in [4.69, 9.17) is 9.51 Å². The van der Waals surface area contributed by atoms with Gasteiger partial charge in [0, 0.05) is 17.3 Å². The highest BCUT2D eigenvalue weighted by Gasteiger charge is 2.23. The van der Waals surface area contributed by atoms with Crippen LogP contribution in [0.5, 0.6) is 0 Å². The normalized spacial score (nSPS) is 13.6. The van der Waals surface area contributed by atoms with Crippen molar-refractivity contribution < 1.29 is 14.4 Å². The Morgan fingerprint density at radius 2 is 1.97 bits per heavy atom. The first-order valence-electron chi connectivity index (χ1n) is 10.4. The average molecular weight is 417 g/mol. The molecular weight excluding hydrogens is 394 g/mol. The van der Waals surface area contributed by atoms with Gasteiger partial charge in [-0.15, -0.1) is 0 Å². The number of carboxylic acids is 1. The van der Waals surface area contributed by atoms with Crippen LogP contribution in [0.15, 0.2) is 41.2 Å². The molecule has 2 N–H and O–H groups in total. The van der Waals surface area contributed by atoms with Gasteiger partial charge in [0.15, 0.2) is 5.65 Å². The van der Waals surface area contributed by atoms with E-state index < -0.39 is 5.97 Å². The predicted octanol–water partition coefficient (Wildman–Crippen LogP) is 4.12. The Labute approximate surface area is 178 Å². The van der Waals surface area contributed by atoms with E-state index in [1.807, 2.05) is 48.7 Å². The third-order valence-corrected chi connectivity index (χ3v) is 5.64. The molecule has 0 aliphatic heterocycles. The molecular formula is C23H23N5O3. The fourth-order valence-corrected chi connectivity index (χ4v) is 3.94. The summed E-state index contributed by atoms with van der Waals surface area (Å²) in [5.41, 5.74) is 6.09. The van der Waals surface area contributed by atoms with Crippen LogP contribution in [0.4, 0.5) is 5.82 Å². The minimum Gasteiger partial charge on any atom is -0.480 e. The molecule has 0 bridgehead atoms. The van der Waals surface area contributed by atoms with Crippen LogP contribution in [0.3, 0.4) is 0 Å². The maximum absolute atomic E-state index is 11.2. The molecule has 1 saturated carbocycles. The van der Waals surface area contributed by atoms with Gasteiger partial charge < -0.3 is 14.9 Å². The summed E-state index contributed by atoms with van der Waals surface area (Å²) in [6.07, 6.45) is 7.15. The van der Waals surface area contributed by atoms with Crippen LogP contribution in [0.2, 0.25) is 0 Å². The van der Waals surface area contributed by atoms with Gasteiger partial charge in [-0.3, -0.25) is 14.2 Å². The molecule has 4 aromatic rings. The number of aromatic nitrogens is 4. The molecule has 0 saturated heterocycles. The molecule has 8 heteroatoms. The molecule has 1 aliphatic rings. The standard InChI is InChI=1S/C23H23N5O3/c1-13-21(14(2)31-27-13)16-5-7-17(8-6-16)22-23(25-11-20(29)30)28-12-18(9-15-3-4-15)24-10-19(28)26-22/h5-8,10,12,15,25H,3-4,9,11H2,1-2H3,(H,29,30). The lowest BCUT2D eigenvalue weighted by molar-refractivity contribution is -0.134. The van der Waals surface area contributed by atoms with Gasteiger partial charge in [-0.2, -0.15) is 0 Å². The lowest BCUT2D eigenvalue weighted by atomic mass is 10.0. The highest BCUT2D eigenvalue weighted by Crippen LogP contribution is 2.34. The molecule has 3 aromatic heterocycles. The van der Waals surface area contributed by atoms with Gasteiger partial charge in [-0.05, 0) is 44.6 Å². The van der Waals surface area contributed by atoms with Crippen LogP contribution < -0.4 is 5.32 Å². The zero-order chi connectivity index (χ0) is 21.5. The van der Waals surface area contributed by atoms with Crippen molar-refractivity contribution in [2.75, 3.05) is 11.9 Å². The second-order valence-electron chi connectivity index (χ2n) is 8.09. The Hall–Kier alpha value is -3.68. The van der Waals surface area contributed by atoms with E-state index in [9.17, 15) is 9.90 Å². The molecule has 31 heavy (non-hydrogen) atoms. The van der Waals surface area contributed by atoms with E-state index in [-0.39, 0.29) is 6.54 Å². The summed E-state index contributed by atoms with van der Waals surface area (Å²) < 4.78 is 7.19. The lowest BCUT2D eigenvalue weighted by Crippen LogP contribution is -2.14. The maximum atomic E-state index is 11.2. The maximum Gasteiger partial charge on any atom is 0.322 e. The van der Waals surface area contributed by atoms with Crippen molar-refractivity contribution in [3.8, 4) is 22.4 Å². The molecule has 1 aromatic carbocycles. The second kappa shape index (κ2) is 7.54. The van der Waals surface area contributed by atoms with Crippen molar-refractivity contribution in [1.29, 1.82) is 0 Å². The number of fused-ring (bicyclic) bond motifs is 1. The Balaban J connectivity index is 1.56. The van der Waals surface area contributed by atoms with Crippen LogP contribution in [0.25, 0.3) is 28.0 Å². The third-order valence-electron chi connectivity index (χ3n) is 5.64. The number of rotatable bonds is 7. The number of carboxylic acid groups (broad SMARTS) is 1. The van der Waals surface area contributed by atoms with Crippen LogP contribution in [-0.2, 0) is 11.2 Å². The fourth-order valence-electron chi connectivity index (χ4n) is 3.94. The Kier molecular flexibility index (Phi) is 4.69. The number of anilines is 1. The number of hydrogen-bond acceptors (Lipinski definition) is 6. The highest BCUT2D eigenvalue weighted by atomic mass is 16.5. The first kappa shape index (κ1) is 19.3. The van der Waals surface area contributed by atoms with Crippen LogP contribution >= 0.6 is 0 Å². The molecule has 0 radical (unpaired) electrons. The van der Waals surface area contributed by atoms with Gasteiger partial charge in [-0.1, -0.05) is 29.4 Å². The van der Waals surface area contributed by atoms with Crippen molar-refractivity contribution in [2.45, 2.75) is 33.1 Å². The molecule has 0 amide bonds. The molecule has 1 fully saturated rings. The van der Waals surface area contributed by atoms with Crippen molar-refractivity contribution in [1.82, 2.24) is 19.5 Å². The lowest BCUT2D eigenvalue weighted by Gasteiger charge is -2.08. The van der Waals surface area contributed by atoms with Crippen molar-refractivity contribution in [2.24, 2.45) is 5.92 Å². The average Bonchev–Trinajstić information content (AvgIpc) is 3.40. The van der Waals surface area contributed by atoms with E-state index >= 15 is 0 Å². The fraction of sp³-hybridized carbons (Fsp3) is 0.304. The summed E-state index contributed by atoms with van der Waals surface area (Å²) in [5, 5.41) is 16.3. The molecule has 8 nitrogen and oxygen atoms in total. The first-order valence-corrected chi connectivity index (χ1v) is 10.4. The van der Waals surface area contributed by atoms with Crippen LogP contribution in [0.1, 0.15) is 30.0 Å². The number of carbonyl (C=O) groups is 1. The molecule has 0 unspecified atom stereocenters. The Morgan fingerprint density at radius 3 is 2.61 bits per heavy atom. The van der Waals surface area contributed by atoms with E-state index in [0.717, 1.165) is 40.3 Å². The minimum absolute atomic E-state index is 0.196. The molecule has 0 spiro atoms. The quantitative estimate of drug-likeness (QED) is 0.466. The molecule has 3 heterocycles. The summed E-state index contributed by atoms with van der Waals surface area (Å²) in [6, 6.07) is 7.97. The number of hydrogen-bond donors (Lipinski definition) is 2. The smallest absolute Gasteiger partial charge is 0.322 e. The summed E-state index contributed by atoms with van der Waals surface area (Å²) in [5.74, 6) is 1.21. The minimum atomic E-state index is -0.929. The topological polar surface area (TPSA) is 106 Å². The zero-order valence-electron chi connectivity index (χ0n) is 17.4. The summed E-state index contributed by atoms with van der Waals surface area (Å²) in [6.45, 7) is 3.62. The number of benzene rings is 1. The summed E-state index contributed by atoms with van der Waals surface area (Å²) in [7, 11) is 0. The van der Waals surface area contributed by atoms with E-state index in [1.54, 1.807) is 6.20 Å². The molecule has 1 aliphatic carbocycles. The van der Waals surface area contributed by atoms with Crippen molar-refractivity contribution >= 4 is 17.4 Å². The van der Waals surface area contributed by atoms with E-state index in [1.165, 1.54) is 12.8 Å². The largest absolute Gasteiger partial charge is 0.480 e. The van der Waals surface area contributed by atoms with Gasteiger partial charge >= 0.3 is 5.97 Å². The molecule has 158 valence electrons. The number of aliphatic carboxylic acids is 1. The second-order valence-corrected chi connectivity index (χ2v) is 8.09. The first-order chi connectivity index (χ1) is 15.0. The van der Waals surface area contributed by atoms with Gasteiger partial charge in [0.25, 0.3) is 0 Å². The Morgan fingerprint density at radius 1 is 1.23 bits per heavy atom. The Bertz CT molecular complexity index is 1250. The predicted molar refractivity (Wildman–Crippen MR) is 116 cm³/mol. The number of imidazole rings is 1. The third kappa shape index (κ3) is 3.76. The van der Waals surface area contributed by atoms with Gasteiger partial charge in [0.05, 0.1) is 17.6 Å². The van der Waals surface area contributed by atoms with E-state index in [2.05, 4.69) is 15.5 Å².